The van der Waals surface area contributed by atoms with E-state index in [1.54, 1.807) is 0 Å². The van der Waals surface area contributed by atoms with Gasteiger partial charge in [0.1, 0.15) is 8.67 Å². The first-order valence-electron chi connectivity index (χ1n) is 32.9. The van der Waals surface area contributed by atoms with Crippen LogP contribution in [0.3, 0.4) is 0 Å². The van der Waals surface area contributed by atoms with Crippen LogP contribution in [0.5, 0.6) is 0 Å². The third kappa shape index (κ3) is 13.3. The van der Waals surface area contributed by atoms with E-state index >= 15 is 0 Å². The van der Waals surface area contributed by atoms with Gasteiger partial charge < -0.3 is 0 Å². The minimum atomic E-state index is -0.555. The lowest BCUT2D eigenvalue weighted by Crippen LogP contribution is -2.66. The lowest BCUT2D eigenvalue weighted by Gasteiger charge is -2.69. The third-order valence-electron chi connectivity index (χ3n) is 22.4. The molecular weight excluding hydrogens is 1030 g/mol. The molecule has 78 heavy (non-hydrogen) atoms. The molecule has 4 aromatic rings. The minimum absolute atomic E-state index is 0.137. The van der Waals surface area contributed by atoms with Crippen LogP contribution >= 0.6 is 46.4 Å². The maximum absolute atomic E-state index is 7.41. The number of hydrogen-bond donors (Lipinski definition) is 0. The third-order valence-corrected chi connectivity index (χ3v) is 25.6. The molecule has 0 aliphatic heterocycles. The molecule has 6 aliphatic rings. The summed E-state index contributed by atoms with van der Waals surface area (Å²) in [6, 6.07) is 38.3. The summed E-state index contributed by atoms with van der Waals surface area (Å²) in [4.78, 5) is 0. The van der Waals surface area contributed by atoms with E-state index in [4.69, 9.17) is 46.4 Å². The Bertz CT molecular complexity index is 2210. The normalized spacial score (nSPS) is 29.9. The number of halogens is 4. The van der Waals surface area contributed by atoms with Crippen molar-refractivity contribution >= 4 is 46.4 Å². The SMILES string of the molecule is CCCCCCc1ccc(C2CCC3(CC2)CC2(CCC(c4ccc(CCCCCC)cc4)CC2)C3(Cl)Cl)cc1.CCCCCc1ccc(C2CCC3(CC2)CC2(CCC(c4ccc(CCCCC)cc4)CC2)C3(Cl)Cl)cc1. The molecule has 0 saturated heterocycles. The molecule has 4 heteroatoms. The topological polar surface area (TPSA) is 0 Å². The average molecular weight is 1140 g/mol. The summed E-state index contributed by atoms with van der Waals surface area (Å²) in [5.41, 5.74) is 12.7. The molecule has 0 radical (unpaired) electrons. The van der Waals surface area contributed by atoms with Gasteiger partial charge in [-0.25, -0.2) is 0 Å². The molecule has 6 aliphatic carbocycles. The van der Waals surface area contributed by atoms with Crippen molar-refractivity contribution in [2.75, 3.05) is 0 Å². The molecule has 0 bridgehead atoms. The van der Waals surface area contributed by atoms with E-state index in [1.165, 1.54) is 276 Å². The van der Waals surface area contributed by atoms with Gasteiger partial charge in [-0.1, -0.05) is 189 Å². The number of rotatable bonds is 22. The number of alkyl halides is 4. The largest absolute Gasteiger partial charge is 0.129 e. The number of benzene rings is 4. The van der Waals surface area contributed by atoms with Gasteiger partial charge in [-0.15, -0.1) is 46.4 Å². The van der Waals surface area contributed by atoms with Gasteiger partial charge in [-0.3, -0.25) is 0 Å². The minimum Gasteiger partial charge on any atom is -0.100 e. The summed E-state index contributed by atoms with van der Waals surface area (Å²) >= 11 is 29.6. The van der Waals surface area contributed by atoms with Crippen molar-refractivity contribution in [3.63, 3.8) is 0 Å². The quantitative estimate of drug-likeness (QED) is 0.0543. The van der Waals surface area contributed by atoms with Crippen molar-refractivity contribution in [2.24, 2.45) is 21.7 Å². The molecule has 0 nitrogen and oxygen atoms in total. The van der Waals surface area contributed by atoms with E-state index in [0.29, 0.717) is 23.7 Å². The lowest BCUT2D eigenvalue weighted by atomic mass is 9.43. The molecule has 0 amide bonds. The molecule has 4 spiro atoms. The van der Waals surface area contributed by atoms with Crippen molar-refractivity contribution in [1.82, 2.24) is 0 Å². The molecule has 10 rings (SSSR count). The van der Waals surface area contributed by atoms with Crippen molar-refractivity contribution < 1.29 is 0 Å². The second-order valence-corrected chi connectivity index (χ2v) is 29.9. The van der Waals surface area contributed by atoms with Crippen LogP contribution in [-0.4, -0.2) is 8.67 Å². The highest BCUT2D eigenvalue weighted by molar-refractivity contribution is 6.51. The fraction of sp³-hybridized carbons (Fsp3) is 0.676. The van der Waals surface area contributed by atoms with Crippen LogP contribution in [0, 0.1) is 21.7 Å². The Balaban J connectivity index is 0.000000190. The molecule has 4 aromatic carbocycles. The van der Waals surface area contributed by atoms with Crippen LogP contribution in [-0.2, 0) is 25.7 Å². The molecular formula is C74H104Cl4. The highest BCUT2D eigenvalue weighted by atomic mass is 35.5. The van der Waals surface area contributed by atoms with Crippen LogP contribution in [0.25, 0.3) is 0 Å². The predicted molar refractivity (Wildman–Crippen MR) is 341 cm³/mol. The Labute approximate surface area is 497 Å². The summed E-state index contributed by atoms with van der Waals surface area (Å²) in [7, 11) is 0. The smallest absolute Gasteiger partial charge is 0.100 e. The molecule has 6 fully saturated rings. The Morgan fingerprint density at radius 3 is 0.667 bits per heavy atom. The Morgan fingerprint density at radius 1 is 0.282 bits per heavy atom. The maximum atomic E-state index is 7.41. The Kier molecular flexibility index (Phi) is 21.5. The van der Waals surface area contributed by atoms with Gasteiger partial charge >= 0.3 is 0 Å². The molecule has 0 aromatic heterocycles. The van der Waals surface area contributed by atoms with Crippen LogP contribution in [0.15, 0.2) is 97.1 Å². The van der Waals surface area contributed by atoms with Gasteiger partial charge in [0.25, 0.3) is 0 Å². The van der Waals surface area contributed by atoms with Gasteiger partial charge in [0.15, 0.2) is 0 Å². The highest BCUT2D eigenvalue weighted by Crippen LogP contribution is 2.79. The molecule has 0 atom stereocenters. The molecule has 0 N–H and O–H groups in total. The van der Waals surface area contributed by atoms with E-state index in [1.807, 2.05) is 0 Å². The van der Waals surface area contributed by atoms with Crippen molar-refractivity contribution in [2.45, 2.75) is 291 Å². The maximum Gasteiger partial charge on any atom is 0.129 e. The first-order valence-corrected chi connectivity index (χ1v) is 34.5. The summed E-state index contributed by atoms with van der Waals surface area (Å²) < 4.78 is -1.11. The Morgan fingerprint density at radius 2 is 0.474 bits per heavy atom. The van der Waals surface area contributed by atoms with Crippen LogP contribution in [0.1, 0.15) is 301 Å². The standard InChI is InChI=1S/C38H54Cl2.C36H50Cl2/c1-3-5-7-9-11-30-13-17-32(18-14-30)34-21-25-36(26-22-34)29-37(38(36,39)40)27-23-35(24-28-37)33-19-15-31(16-20-33)12-10-8-6-4-2;1-3-5-7-9-28-11-15-30(16-12-28)32-19-23-34(24-20-32)27-35(36(34,37)38)25-21-33(22-26-35)31-17-13-29(14-18-31)10-8-6-4-2/h13-20,34-35H,3-12,21-29H2,1-2H3;11-18,32-33H,3-10,19-27H2,1-2H3. The van der Waals surface area contributed by atoms with Gasteiger partial charge in [-0.05, 0) is 235 Å². The van der Waals surface area contributed by atoms with Gasteiger partial charge in [-0.2, -0.15) is 0 Å². The summed E-state index contributed by atoms with van der Waals surface area (Å²) in [6.45, 7) is 9.12. The van der Waals surface area contributed by atoms with Crippen LogP contribution in [0.4, 0.5) is 0 Å². The van der Waals surface area contributed by atoms with E-state index < -0.39 is 8.67 Å². The number of hydrogen-bond acceptors (Lipinski definition) is 0. The first kappa shape index (κ1) is 60.6. The molecule has 0 unspecified atom stereocenters. The predicted octanol–water partition coefficient (Wildman–Crippen LogP) is 24.2. The average Bonchev–Trinajstić information content (AvgIpc) is 3.55. The lowest BCUT2D eigenvalue weighted by molar-refractivity contribution is -0.107. The molecule has 6 saturated carbocycles. The van der Waals surface area contributed by atoms with Gasteiger partial charge in [0, 0.05) is 21.7 Å². The van der Waals surface area contributed by atoms with E-state index in [2.05, 4.69) is 125 Å². The number of unbranched alkanes of at least 4 members (excludes halogenated alkanes) is 10. The van der Waals surface area contributed by atoms with Crippen molar-refractivity contribution in [3.8, 4) is 0 Å². The van der Waals surface area contributed by atoms with Crippen molar-refractivity contribution in [1.29, 1.82) is 0 Å². The molecule has 0 heterocycles. The monoisotopic (exact) mass is 1130 g/mol. The highest BCUT2D eigenvalue weighted by Gasteiger charge is 2.73. The zero-order chi connectivity index (χ0) is 54.7. The fourth-order valence-corrected chi connectivity index (χ4v) is 19.2. The zero-order valence-corrected chi connectivity index (χ0v) is 52.5. The summed E-state index contributed by atoms with van der Waals surface area (Å²) in [5.74, 6) is 2.69. The fourth-order valence-electron chi connectivity index (χ4n) is 17.1. The van der Waals surface area contributed by atoms with Crippen molar-refractivity contribution in [3.05, 3.63) is 142 Å². The first-order chi connectivity index (χ1) is 37.8. The number of aryl methyl sites for hydroxylation is 4. The second-order valence-electron chi connectivity index (χ2n) is 27.2. The molecule has 428 valence electrons. The zero-order valence-electron chi connectivity index (χ0n) is 49.5. The van der Waals surface area contributed by atoms with Crippen LogP contribution < -0.4 is 0 Å². The van der Waals surface area contributed by atoms with E-state index in [-0.39, 0.29) is 21.7 Å². The summed E-state index contributed by atoms with van der Waals surface area (Å²) in [5, 5.41) is 0. The van der Waals surface area contributed by atoms with Gasteiger partial charge in [0.2, 0.25) is 0 Å². The van der Waals surface area contributed by atoms with Crippen LogP contribution in [0.2, 0.25) is 0 Å². The van der Waals surface area contributed by atoms with E-state index in [9.17, 15) is 0 Å². The Hall–Kier alpha value is -1.96. The summed E-state index contributed by atoms with van der Waals surface area (Å²) in [6.07, 6.45) is 45.3. The van der Waals surface area contributed by atoms with Gasteiger partial charge in [0.05, 0.1) is 0 Å². The second kappa shape index (κ2) is 27.6. The van der Waals surface area contributed by atoms with E-state index in [0.717, 1.165) is 0 Å².